The van der Waals surface area contributed by atoms with Crippen LogP contribution in [0.4, 0.5) is 19.0 Å². The van der Waals surface area contributed by atoms with Crippen molar-refractivity contribution < 1.29 is 13.2 Å². The number of hydrogen-bond donors (Lipinski definition) is 1. The third kappa shape index (κ3) is 4.11. The maximum atomic E-state index is 14.2. The smallest absolute Gasteiger partial charge is 0.266 e. The number of alkyl halides is 2. The van der Waals surface area contributed by atoms with Crippen LogP contribution in [0.1, 0.15) is 25.0 Å². The molecule has 0 aliphatic heterocycles. The van der Waals surface area contributed by atoms with E-state index in [-0.39, 0.29) is 33.0 Å². The molecule has 4 nitrogen and oxygen atoms in total. The molecule has 10 heteroatoms. The maximum Gasteiger partial charge on any atom is 0.266 e. The van der Waals surface area contributed by atoms with E-state index >= 15 is 0 Å². The Balaban J connectivity index is 0.00000140. The molecule has 1 N–H and O–H groups in total. The van der Waals surface area contributed by atoms with Gasteiger partial charge in [-0.3, -0.25) is 4.40 Å². The van der Waals surface area contributed by atoms with E-state index in [1.165, 1.54) is 12.1 Å². The fourth-order valence-corrected chi connectivity index (χ4v) is 2.90. The number of hydrogen-bond acceptors (Lipinski definition) is 4. The van der Waals surface area contributed by atoms with Gasteiger partial charge in [0.05, 0.1) is 11.1 Å². The van der Waals surface area contributed by atoms with Crippen molar-refractivity contribution in [1.82, 2.24) is 14.4 Å². The second-order valence-corrected chi connectivity index (χ2v) is 5.81. The zero-order valence-corrected chi connectivity index (χ0v) is 21.9. The van der Waals surface area contributed by atoms with Gasteiger partial charge in [0.25, 0.3) is 6.43 Å². The van der Waals surface area contributed by atoms with Crippen LogP contribution >= 0.6 is 0 Å². The molecule has 0 fully saturated rings. The Labute approximate surface area is 168 Å². The van der Waals surface area contributed by atoms with Crippen LogP contribution in [0.15, 0.2) is 48.8 Å². The van der Waals surface area contributed by atoms with Gasteiger partial charge >= 0.3 is 0 Å². The molecule has 2 heterocycles. The Morgan fingerprint density at radius 3 is 2.66 bits per heavy atom. The van der Waals surface area contributed by atoms with E-state index in [1.54, 1.807) is 28.9 Å². The largest absolute Gasteiger partial charge is 0.813 e. The fraction of sp³-hybridized carbons (Fsp3) is 0.158. The first-order valence-corrected chi connectivity index (χ1v) is 7.86. The van der Waals surface area contributed by atoms with Gasteiger partial charge in [0.1, 0.15) is 19.5 Å². The standard InChI is InChI=1S/C18H12BF3N4.CH4.Rf.H2S/c19-11-4-5-14-13(8-11)17(25-18-23-6-7-26(14)18)24-9-10-2-1-3-12(15(10)20)16(21)22;;;/h1-8,16H,9H2,(H,23,24,25);1H4;;1H2/p-1. The van der Waals surface area contributed by atoms with Crippen molar-refractivity contribution in [3.8, 4) is 0 Å². The van der Waals surface area contributed by atoms with Crippen molar-refractivity contribution in [3.63, 3.8) is 0 Å². The quantitative estimate of drug-likeness (QED) is 0.205. The summed E-state index contributed by atoms with van der Waals surface area (Å²) in [6.07, 6.45) is 0.527. The van der Waals surface area contributed by atoms with Crippen molar-refractivity contribution in [2.45, 2.75) is 20.4 Å². The van der Waals surface area contributed by atoms with Crippen LogP contribution < -0.4 is 10.8 Å². The van der Waals surface area contributed by atoms with Crippen molar-refractivity contribution >= 4 is 49.3 Å². The van der Waals surface area contributed by atoms with Crippen LogP contribution in [-0.2, 0) is 20.0 Å². The summed E-state index contributed by atoms with van der Waals surface area (Å²) in [4.78, 5) is 8.59. The molecule has 0 saturated heterocycles. The number of nitrogens with one attached hydrogen (secondary N) is 1. The van der Waals surface area contributed by atoms with Gasteiger partial charge in [-0.25, -0.2) is 18.2 Å². The van der Waals surface area contributed by atoms with Gasteiger partial charge in [0.15, 0.2) is 0 Å². The fourth-order valence-electron chi connectivity index (χ4n) is 2.90. The summed E-state index contributed by atoms with van der Waals surface area (Å²) in [6.45, 7) is 0.000173. The van der Waals surface area contributed by atoms with Crippen molar-refractivity contribution in [2.24, 2.45) is 0 Å². The van der Waals surface area contributed by atoms with Crippen LogP contribution in [0.5, 0.6) is 0 Å². The van der Waals surface area contributed by atoms with Crippen molar-refractivity contribution in [1.29, 1.82) is 0 Å². The number of thiol groups is 1. The zero-order valence-electron chi connectivity index (χ0n) is 14.6. The van der Waals surface area contributed by atoms with Crippen LogP contribution in [0.25, 0.3) is 16.7 Å². The molecule has 2 aromatic carbocycles. The number of anilines is 1. The molecule has 4 rings (SSSR count). The molecule has 2 radical (unpaired) electrons. The van der Waals surface area contributed by atoms with Crippen molar-refractivity contribution in [2.75, 3.05) is 5.32 Å². The maximum absolute atomic E-state index is 14.2. The summed E-state index contributed by atoms with van der Waals surface area (Å²) >= 11 is 0. The van der Waals surface area contributed by atoms with Crippen molar-refractivity contribution in [3.05, 3.63) is 65.7 Å². The molecule has 2 aromatic heterocycles. The number of rotatable bonds is 4. The summed E-state index contributed by atoms with van der Waals surface area (Å²) in [7, 11) is 5.87. The molecule has 0 unspecified atom stereocenters. The minimum atomic E-state index is -2.87. The van der Waals surface area contributed by atoms with Gasteiger partial charge in [-0.05, 0) is 6.07 Å². The van der Waals surface area contributed by atoms with Gasteiger partial charge in [-0.1, -0.05) is 43.2 Å². The molecule has 0 bridgehead atoms. The van der Waals surface area contributed by atoms with Gasteiger partial charge in [0.2, 0.25) is 5.78 Å². The van der Waals surface area contributed by atoms with E-state index in [4.69, 9.17) is 7.85 Å². The zero-order chi connectivity index (χ0) is 18.3. The Kier molecular flexibility index (Phi) is 7.26. The number of aromatic nitrogens is 3. The molecule has 0 spiro atoms. The van der Waals surface area contributed by atoms with Gasteiger partial charge in [-0.15, -0.1) is 0 Å². The molecular weight excluding hydrogens is 651 g/mol. The van der Waals surface area contributed by atoms with Gasteiger partial charge < -0.3 is 18.8 Å². The normalized spacial score (nSPS) is 10.3. The summed E-state index contributed by atoms with van der Waals surface area (Å²) < 4.78 is 41.8. The van der Waals surface area contributed by atoms with E-state index in [2.05, 4.69) is 15.3 Å². The van der Waals surface area contributed by atoms with Crippen LogP contribution in [0.2, 0.25) is 0 Å². The minimum absolute atomic E-state index is 0. The number of fused-ring (bicyclic) bond motifs is 3. The monoisotopic (exact) mass is 668 g/mol. The van der Waals surface area contributed by atoms with Crippen LogP contribution in [0.3, 0.4) is 0 Å². The predicted octanol–water partition coefficient (Wildman–Crippen LogP) is 3.73. The van der Waals surface area contributed by atoms with Gasteiger partial charge in [-0.2, -0.15) is 4.98 Å². The summed E-state index contributed by atoms with van der Waals surface area (Å²) in [6, 6.07) is 9.29. The molecule has 0 atom stereocenters. The second-order valence-electron chi connectivity index (χ2n) is 5.81. The Bertz CT molecular complexity index is 1120. The summed E-state index contributed by atoms with van der Waals surface area (Å²) in [5.74, 6) is 0.000123. The Hall–Kier alpha value is -3.68. The van der Waals surface area contributed by atoms with E-state index in [0.29, 0.717) is 17.1 Å². The van der Waals surface area contributed by atoms with Gasteiger partial charge in [0, 0.05) is 29.9 Å². The number of nitrogens with zero attached hydrogens (tertiary/aromatic N) is 3. The molecule has 0 aliphatic carbocycles. The van der Waals surface area contributed by atoms with E-state index < -0.39 is 17.8 Å². The summed E-state index contributed by atoms with van der Waals surface area (Å²) in [5, 5.41) is 3.74. The molecule has 0 saturated carbocycles. The first kappa shape index (κ1) is 23.4. The molecule has 0 amide bonds. The summed E-state index contributed by atoms with van der Waals surface area (Å²) in [5.41, 5.74) is 0.888. The SMILES string of the molecule is C.[B]c1ccc2c(c1)c(NCc1cccc(C(F)F)c1F)nc1nccn12.[Rf].[SH-]. The third-order valence-corrected chi connectivity index (χ3v) is 4.16. The number of imidazole rings is 1. The van der Waals surface area contributed by atoms with E-state index in [9.17, 15) is 13.2 Å². The average molecular weight is 668 g/mol. The molecule has 0 aliphatic rings. The molecule has 29 heavy (non-hydrogen) atoms. The first-order valence-electron chi connectivity index (χ1n) is 7.86. The second kappa shape index (κ2) is 9.01. The molecule has 146 valence electrons. The Morgan fingerprint density at radius 2 is 1.93 bits per heavy atom. The topological polar surface area (TPSA) is 42.2 Å². The number of halogens is 3. The first-order chi connectivity index (χ1) is 12.5. The average Bonchev–Trinajstić information content (AvgIpc) is 3.08. The van der Waals surface area contributed by atoms with E-state index in [0.717, 1.165) is 17.0 Å². The number of benzene rings is 2. The minimum Gasteiger partial charge on any atom is -0.813 e. The molecule has 4 aromatic rings. The predicted molar refractivity (Wildman–Crippen MR) is 110 cm³/mol. The van der Waals surface area contributed by atoms with Crippen LogP contribution in [0, 0.1) is 5.82 Å². The molecular formula is C19H17BF3N4RfS-. The third-order valence-electron chi connectivity index (χ3n) is 4.16. The Morgan fingerprint density at radius 1 is 1.17 bits per heavy atom. The van der Waals surface area contributed by atoms with Crippen LogP contribution in [-0.4, -0.2) is 22.2 Å². The van der Waals surface area contributed by atoms with E-state index in [1.807, 2.05) is 6.07 Å².